The lowest BCUT2D eigenvalue weighted by molar-refractivity contribution is -0.277. The fourth-order valence-corrected chi connectivity index (χ4v) is 5.17. The summed E-state index contributed by atoms with van der Waals surface area (Å²) in [6, 6.07) is 6.14. The van der Waals surface area contributed by atoms with Gasteiger partial charge >= 0.3 is 0 Å². The van der Waals surface area contributed by atoms with Crippen molar-refractivity contribution in [2.45, 2.75) is 61.4 Å². The third kappa shape index (κ3) is 6.17. The molecule has 0 unspecified atom stereocenters. The van der Waals surface area contributed by atoms with Crippen LogP contribution in [0.1, 0.15) is 0 Å². The maximum Gasteiger partial charge on any atom is 0.229 e. The molecule has 2 aliphatic rings. The van der Waals surface area contributed by atoms with Gasteiger partial charge in [0, 0.05) is 23.8 Å². The van der Waals surface area contributed by atoms with Crippen LogP contribution in [0.3, 0.4) is 0 Å². The van der Waals surface area contributed by atoms with Gasteiger partial charge in [-0.05, 0) is 12.1 Å². The van der Waals surface area contributed by atoms with Gasteiger partial charge in [0.15, 0.2) is 16.9 Å². The molecule has 2 fully saturated rings. The standard InChI is InChI=1S/C29H34O17/c1-40-16-3-10(4-17(41-2)27(16)46-29-26(39)24(37)22(35)19(9-31)45-29)14-7-13(33)20-12(32)5-11(6-15(20)43-14)42-28-25(38)23(36)21(34)18(8-30)44-28/h3-7,18-19,21-26,28-32,34-39H,8-9H2,1-2H3/t18-,19-,21-,22-,23+,24+,25-,26-,28-,29+/m1/s1. The van der Waals surface area contributed by atoms with Crippen molar-refractivity contribution >= 4 is 11.0 Å². The monoisotopic (exact) mass is 654 g/mol. The molecule has 252 valence electrons. The third-order valence-corrected chi connectivity index (χ3v) is 7.71. The van der Waals surface area contributed by atoms with Gasteiger partial charge in [-0.25, -0.2) is 0 Å². The molecule has 0 bridgehead atoms. The van der Waals surface area contributed by atoms with Crippen molar-refractivity contribution in [3.63, 3.8) is 0 Å². The number of hydrogen-bond donors (Lipinski definition) is 9. The van der Waals surface area contributed by atoms with Crippen LogP contribution in [0.5, 0.6) is 28.7 Å². The zero-order chi connectivity index (χ0) is 33.4. The summed E-state index contributed by atoms with van der Waals surface area (Å²) in [4.78, 5) is 13.1. The second kappa shape index (κ2) is 13.5. The van der Waals surface area contributed by atoms with E-state index < -0.39 is 85.8 Å². The molecule has 0 aliphatic carbocycles. The molecule has 3 aromatic rings. The lowest BCUT2D eigenvalue weighted by Crippen LogP contribution is -2.60. The summed E-state index contributed by atoms with van der Waals surface area (Å²) in [7, 11) is 2.58. The predicted molar refractivity (Wildman–Crippen MR) is 151 cm³/mol. The minimum atomic E-state index is -1.74. The van der Waals surface area contributed by atoms with Crippen LogP contribution in [-0.4, -0.2) is 135 Å². The normalized spacial score (nSPS) is 31.4. The zero-order valence-corrected chi connectivity index (χ0v) is 24.4. The molecular formula is C29H34O17. The summed E-state index contributed by atoms with van der Waals surface area (Å²) < 4.78 is 38.9. The first-order chi connectivity index (χ1) is 21.9. The summed E-state index contributed by atoms with van der Waals surface area (Å²) in [6.07, 6.45) is -15.7. The van der Waals surface area contributed by atoms with Crippen LogP contribution in [0.15, 0.2) is 39.5 Å². The first-order valence-electron chi connectivity index (χ1n) is 13.9. The minimum absolute atomic E-state index is 0.00314. The van der Waals surface area contributed by atoms with Crippen LogP contribution in [0.2, 0.25) is 0 Å². The van der Waals surface area contributed by atoms with Gasteiger partial charge in [0.1, 0.15) is 77.1 Å². The van der Waals surface area contributed by atoms with Crippen molar-refractivity contribution in [3.8, 4) is 40.1 Å². The quantitative estimate of drug-likeness (QED) is 0.116. The topological polar surface area (TPSA) is 268 Å². The van der Waals surface area contributed by atoms with Crippen molar-refractivity contribution < 1.29 is 78.8 Å². The maximum atomic E-state index is 13.1. The molecule has 3 heterocycles. The lowest BCUT2D eigenvalue weighted by atomic mass is 9.99. The van der Waals surface area contributed by atoms with Crippen molar-refractivity contribution in [1.29, 1.82) is 0 Å². The van der Waals surface area contributed by atoms with E-state index in [4.69, 9.17) is 32.8 Å². The molecule has 0 radical (unpaired) electrons. The summed E-state index contributed by atoms with van der Waals surface area (Å²) in [5.41, 5.74) is -0.608. The van der Waals surface area contributed by atoms with Crippen LogP contribution in [0.4, 0.5) is 0 Å². The molecule has 17 nitrogen and oxygen atoms in total. The number of rotatable bonds is 9. The summed E-state index contributed by atoms with van der Waals surface area (Å²) in [5.74, 6) is -0.857. The number of phenols is 1. The van der Waals surface area contributed by atoms with E-state index in [0.717, 1.165) is 12.1 Å². The second-order valence-corrected chi connectivity index (χ2v) is 10.6. The van der Waals surface area contributed by atoms with Gasteiger partial charge in [-0.2, -0.15) is 0 Å². The average molecular weight is 655 g/mol. The van der Waals surface area contributed by atoms with E-state index >= 15 is 0 Å². The van der Waals surface area contributed by atoms with Crippen molar-refractivity contribution in [3.05, 3.63) is 40.6 Å². The van der Waals surface area contributed by atoms with Crippen LogP contribution >= 0.6 is 0 Å². The Hall–Kier alpha value is -3.75. The molecule has 5 rings (SSSR count). The Bertz CT molecular complexity index is 1560. The number of aliphatic hydroxyl groups excluding tert-OH is 8. The number of methoxy groups -OCH3 is 2. The van der Waals surface area contributed by atoms with E-state index in [9.17, 15) is 50.8 Å². The fourth-order valence-electron chi connectivity index (χ4n) is 5.17. The van der Waals surface area contributed by atoms with Crippen molar-refractivity contribution in [2.75, 3.05) is 27.4 Å². The largest absolute Gasteiger partial charge is 0.507 e. The van der Waals surface area contributed by atoms with Gasteiger partial charge in [0.2, 0.25) is 18.3 Å². The van der Waals surface area contributed by atoms with Crippen LogP contribution < -0.4 is 24.4 Å². The molecule has 2 saturated heterocycles. The maximum absolute atomic E-state index is 13.1. The number of fused-ring (bicyclic) bond motifs is 1. The molecule has 2 aliphatic heterocycles. The number of ether oxygens (including phenoxy) is 6. The fraction of sp³-hybridized carbons (Fsp3) is 0.483. The molecule has 17 heteroatoms. The molecular weight excluding hydrogens is 620 g/mol. The molecule has 0 spiro atoms. The van der Waals surface area contributed by atoms with Crippen molar-refractivity contribution in [1.82, 2.24) is 0 Å². The molecule has 1 aromatic heterocycles. The minimum Gasteiger partial charge on any atom is -0.507 e. The lowest BCUT2D eigenvalue weighted by Gasteiger charge is -2.39. The number of aliphatic hydroxyl groups is 8. The summed E-state index contributed by atoms with van der Waals surface area (Å²) in [5, 5.41) is 90.4. The molecule has 9 N–H and O–H groups in total. The van der Waals surface area contributed by atoms with E-state index in [1.165, 1.54) is 32.4 Å². The number of phenolic OH excluding ortho intramolecular Hbond substituents is 1. The second-order valence-electron chi connectivity index (χ2n) is 10.6. The van der Waals surface area contributed by atoms with Crippen LogP contribution in [0.25, 0.3) is 22.3 Å². The Balaban J connectivity index is 1.49. The molecule has 0 amide bonds. The Kier molecular flexibility index (Phi) is 9.89. The van der Waals surface area contributed by atoms with Gasteiger partial charge in [0.05, 0.1) is 27.4 Å². The van der Waals surface area contributed by atoms with E-state index in [-0.39, 0.29) is 45.3 Å². The average Bonchev–Trinajstić information content (AvgIpc) is 3.04. The highest BCUT2D eigenvalue weighted by atomic mass is 16.7. The Morgan fingerprint density at radius 1 is 0.696 bits per heavy atom. The van der Waals surface area contributed by atoms with Crippen LogP contribution in [0, 0.1) is 0 Å². The summed E-state index contributed by atoms with van der Waals surface area (Å²) in [6.45, 7) is -1.37. The van der Waals surface area contributed by atoms with Gasteiger partial charge in [-0.3, -0.25) is 4.79 Å². The van der Waals surface area contributed by atoms with Crippen molar-refractivity contribution in [2.24, 2.45) is 0 Å². The first kappa shape index (κ1) is 33.6. The van der Waals surface area contributed by atoms with Gasteiger partial charge in [0.25, 0.3) is 0 Å². The zero-order valence-electron chi connectivity index (χ0n) is 24.4. The molecule has 46 heavy (non-hydrogen) atoms. The number of hydrogen-bond acceptors (Lipinski definition) is 17. The smallest absolute Gasteiger partial charge is 0.229 e. The number of benzene rings is 2. The first-order valence-corrected chi connectivity index (χ1v) is 13.9. The Labute approximate surface area is 259 Å². The number of aromatic hydroxyl groups is 1. The van der Waals surface area contributed by atoms with E-state index in [1.807, 2.05) is 0 Å². The third-order valence-electron chi connectivity index (χ3n) is 7.71. The molecule has 10 atom stereocenters. The van der Waals surface area contributed by atoms with Gasteiger partial charge < -0.3 is 78.8 Å². The Morgan fingerprint density at radius 2 is 1.22 bits per heavy atom. The van der Waals surface area contributed by atoms with E-state index in [0.29, 0.717) is 0 Å². The van der Waals surface area contributed by atoms with E-state index in [2.05, 4.69) is 0 Å². The Morgan fingerprint density at radius 3 is 1.72 bits per heavy atom. The highest BCUT2D eigenvalue weighted by Gasteiger charge is 2.46. The summed E-state index contributed by atoms with van der Waals surface area (Å²) >= 11 is 0. The predicted octanol–water partition coefficient (Wildman–Crippen LogP) is -2.46. The van der Waals surface area contributed by atoms with E-state index in [1.54, 1.807) is 0 Å². The van der Waals surface area contributed by atoms with Gasteiger partial charge in [-0.1, -0.05) is 0 Å². The molecule has 2 aromatic carbocycles. The molecule has 0 saturated carbocycles. The van der Waals surface area contributed by atoms with Crippen LogP contribution in [-0.2, 0) is 9.47 Å². The highest BCUT2D eigenvalue weighted by Crippen LogP contribution is 2.43. The SMILES string of the molecule is COc1cc(-c2cc(=O)c3c(O)cc(O[C@@H]4O[C@H](CO)[C@@H](O)[C@H](O)[C@H]4O)cc3o2)cc(OC)c1O[C@@H]1O[C@H](CO)[C@@H](O)[C@H](O)[C@H]1O. The van der Waals surface area contributed by atoms with Gasteiger partial charge in [-0.15, -0.1) is 0 Å². The highest BCUT2D eigenvalue weighted by molar-refractivity contribution is 5.86.